The number of methoxy groups -OCH3 is 2. The van der Waals surface area contributed by atoms with Gasteiger partial charge in [0.15, 0.2) is 0 Å². The summed E-state index contributed by atoms with van der Waals surface area (Å²) in [6.07, 6.45) is 0. The van der Waals surface area contributed by atoms with Crippen molar-refractivity contribution in [1.29, 1.82) is 0 Å². The summed E-state index contributed by atoms with van der Waals surface area (Å²) < 4.78 is 23.5. The first kappa shape index (κ1) is 12.2. The van der Waals surface area contributed by atoms with Crippen LogP contribution in [0.25, 0.3) is 0 Å². The molecule has 0 heterocycles. The van der Waals surface area contributed by atoms with E-state index in [9.17, 15) is 4.39 Å². The number of rotatable bonds is 4. The van der Waals surface area contributed by atoms with Gasteiger partial charge in [-0.05, 0) is 24.3 Å². The molecular weight excluding hydrogens is 233 g/mol. The first-order chi connectivity index (χ1) is 8.72. The van der Waals surface area contributed by atoms with Crippen molar-refractivity contribution >= 4 is 11.4 Å². The lowest BCUT2D eigenvalue weighted by Gasteiger charge is -2.12. The van der Waals surface area contributed by atoms with Gasteiger partial charge < -0.3 is 14.8 Å². The molecule has 3 nitrogen and oxygen atoms in total. The molecule has 94 valence electrons. The van der Waals surface area contributed by atoms with E-state index in [2.05, 4.69) is 5.32 Å². The minimum absolute atomic E-state index is 0.318. The molecule has 0 aliphatic heterocycles. The van der Waals surface area contributed by atoms with Crippen molar-refractivity contribution in [3.8, 4) is 11.5 Å². The van der Waals surface area contributed by atoms with Crippen molar-refractivity contribution in [2.45, 2.75) is 0 Å². The summed E-state index contributed by atoms with van der Waals surface area (Å²) in [5, 5.41) is 3.09. The topological polar surface area (TPSA) is 30.5 Å². The van der Waals surface area contributed by atoms with Crippen LogP contribution in [0.2, 0.25) is 0 Å². The average Bonchev–Trinajstić information content (AvgIpc) is 2.39. The van der Waals surface area contributed by atoms with E-state index in [1.807, 2.05) is 24.3 Å². The standard InChI is InChI=1S/C14H14FNO2/c1-17-12-5-3-4-11(9-12)16-13-8-10(15)6-7-14(13)18-2/h3-9,16H,1-2H3. The van der Waals surface area contributed by atoms with E-state index in [-0.39, 0.29) is 5.82 Å². The van der Waals surface area contributed by atoms with Gasteiger partial charge in [0.25, 0.3) is 0 Å². The zero-order valence-electron chi connectivity index (χ0n) is 10.2. The molecule has 18 heavy (non-hydrogen) atoms. The summed E-state index contributed by atoms with van der Waals surface area (Å²) in [5.74, 6) is 0.996. The molecule has 4 heteroatoms. The predicted octanol–water partition coefficient (Wildman–Crippen LogP) is 3.59. The van der Waals surface area contributed by atoms with Gasteiger partial charge in [0.1, 0.15) is 17.3 Å². The van der Waals surface area contributed by atoms with Gasteiger partial charge in [-0.1, -0.05) is 6.07 Å². The fourth-order valence-electron chi connectivity index (χ4n) is 1.63. The quantitative estimate of drug-likeness (QED) is 0.895. The molecule has 2 aromatic rings. The third-order valence-corrected chi connectivity index (χ3v) is 2.51. The smallest absolute Gasteiger partial charge is 0.142 e. The van der Waals surface area contributed by atoms with Crippen molar-refractivity contribution in [2.24, 2.45) is 0 Å². The summed E-state index contributed by atoms with van der Waals surface area (Å²) in [7, 11) is 3.14. The first-order valence-corrected chi connectivity index (χ1v) is 5.47. The molecule has 1 N–H and O–H groups in total. The van der Waals surface area contributed by atoms with Gasteiger partial charge >= 0.3 is 0 Å². The molecule has 0 aliphatic carbocycles. The van der Waals surface area contributed by atoms with Crippen molar-refractivity contribution in [3.05, 3.63) is 48.3 Å². The molecule has 0 amide bonds. The Kier molecular flexibility index (Phi) is 3.67. The fraction of sp³-hybridized carbons (Fsp3) is 0.143. The highest BCUT2D eigenvalue weighted by molar-refractivity contribution is 5.67. The Hall–Kier alpha value is -2.23. The van der Waals surface area contributed by atoms with Crippen molar-refractivity contribution in [1.82, 2.24) is 0 Å². The normalized spacial score (nSPS) is 9.94. The molecular formula is C14H14FNO2. The van der Waals surface area contributed by atoms with E-state index in [1.54, 1.807) is 20.3 Å². The molecule has 2 rings (SSSR count). The highest BCUT2D eigenvalue weighted by atomic mass is 19.1. The van der Waals surface area contributed by atoms with Gasteiger partial charge in [0.2, 0.25) is 0 Å². The maximum Gasteiger partial charge on any atom is 0.142 e. The molecule has 0 spiro atoms. The minimum Gasteiger partial charge on any atom is -0.497 e. The second kappa shape index (κ2) is 5.40. The van der Waals surface area contributed by atoms with Gasteiger partial charge in [0, 0.05) is 17.8 Å². The van der Waals surface area contributed by atoms with E-state index in [1.165, 1.54) is 12.1 Å². The van der Waals surface area contributed by atoms with Crippen molar-refractivity contribution in [3.63, 3.8) is 0 Å². The van der Waals surface area contributed by atoms with Gasteiger partial charge in [-0.2, -0.15) is 0 Å². The fourth-order valence-corrected chi connectivity index (χ4v) is 1.63. The van der Waals surface area contributed by atoms with Crippen LogP contribution in [0.4, 0.5) is 15.8 Å². The van der Waals surface area contributed by atoms with Crippen LogP contribution in [0.1, 0.15) is 0 Å². The minimum atomic E-state index is -0.318. The summed E-state index contributed by atoms with van der Waals surface area (Å²) in [6, 6.07) is 11.7. The van der Waals surface area contributed by atoms with Crippen LogP contribution in [-0.4, -0.2) is 14.2 Å². The van der Waals surface area contributed by atoms with Crippen LogP contribution in [0, 0.1) is 5.82 Å². The molecule has 0 atom stereocenters. The number of ether oxygens (including phenoxy) is 2. The Labute approximate surface area is 105 Å². The first-order valence-electron chi connectivity index (χ1n) is 5.47. The summed E-state index contributed by atoms with van der Waals surface area (Å²) in [5.41, 5.74) is 1.38. The predicted molar refractivity (Wildman–Crippen MR) is 69.2 cm³/mol. The Bertz CT molecular complexity index is 543. The molecule has 0 bridgehead atoms. The second-order valence-electron chi connectivity index (χ2n) is 3.70. The van der Waals surface area contributed by atoms with Crippen LogP contribution in [-0.2, 0) is 0 Å². The Morgan fingerprint density at radius 2 is 1.83 bits per heavy atom. The van der Waals surface area contributed by atoms with Crippen molar-refractivity contribution < 1.29 is 13.9 Å². The largest absolute Gasteiger partial charge is 0.497 e. The lowest BCUT2D eigenvalue weighted by molar-refractivity contribution is 0.414. The Morgan fingerprint density at radius 1 is 1.00 bits per heavy atom. The molecule has 0 fully saturated rings. The zero-order chi connectivity index (χ0) is 13.0. The third-order valence-electron chi connectivity index (χ3n) is 2.51. The summed E-state index contributed by atoms with van der Waals surface area (Å²) in [6.45, 7) is 0. The highest BCUT2D eigenvalue weighted by Crippen LogP contribution is 2.29. The SMILES string of the molecule is COc1cccc(Nc2cc(F)ccc2OC)c1. The molecule has 0 radical (unpaired) electrons. The van der Waals surface area contributed by atoms with E-state index in [0.717, 1.165) is 11.4 Å². The maximum atomic E-state index is 13.2. The summed E-state index contributed by atoms with van der Waals surface area (Å²) >= 11 is 0. The molecule has 0 aliphatic rings. The monoisotopic (exact) mass is 247 g/mol. The number of nitrogens with one attached hydrogen (secondary N) is 1. The number of benzene rings is 2. The number of hydrogen-bond donors (Lipinski definition) is 1. The lowest BCUT2D eigenvalue weighted by atomic mass is 10.2. The van der Waals surface area contributed by atoms with E-state index in [4.69, 9.17) is 9.47 Å². The summed E-state index contributed by atoms with van der Waals surface area (Å²) in [4.78, 5) is 0. The van der Waals surface area contributed by atoms with Gasteiger partial charge in [0.05, 0.1) is 19.9 Å². The number of halogens is 1. The van der Waals surface area contributed by atoms with Crippen LogP contribution in [0.3, 0.4) is 0 Å². The van der Waals surface area contributed by atoms with Gasteiger partial charge in [-0.3, -0.25) is 0 Å². The third kappa shape index (κ3) is 2.71. The van der Waals surface area contributed by atoms with Crippen LogP contribution >= 0.6 is 0 Å². The molecule has 2 aromatic carbocycles. The van der Waals surface area contributed by atoms with E-state index in [0.29, 0.717) is 11.4 Å². The maximum absolute atomic E-state index is 13.2. The van der Waals surface area contributed by atoms with Crippen LogP contribution < -0.4 is 14.8 Å². The highest BCUT2D eigenvalue weighted by Gasteiger charge is 2.05. The van der Waals surface area contributed by atoms with E-state index >= 15 is 0 Å². The molecule has 0 saturated heterocycles. The molecule has 0 aromatic heterocycles. The van der Waals surface area contributed by atoms with E-state index < -0.39 is 0 Å². The second-order valence-corrected chi connectivity index (χ2v) is 3.70. The van der Waals surface area contributed by atoms with Gasteiger partial charge in [-0.25, -0.2) is 4.39 Å². The number of hydrogen-bond acceptors (Lipinski definition) is 3. The van der Waals surface area contributed by atoms with Crippen molar-refractivity contribution in [2.75, 3.05) is 19.5 Å². The molecule has 0 saturated carbocycles. The Morgan fingerprint density at radius 3 is 2.56 bits per heavy atom. The van der Waals surface area contributed by atoms with Crippen LogP contribution in [0.5, 0.6) is 11.5 Å². The average molecular weight is 247 g/mol. The molecule has 0 unspecified atom stereocenters. The Balaban J connectivity index is 2.29. The lowest BCUT2D eigenvalue weighted by Crippen LogP contribution is -1.95. The van der Waals surface area contributed by atoms with Crippen LogP contribution in [0.15, 0.2) is 42.5 Å². The number of anilines is 2. The van der Waals surface area contributed by atoms with Gasteiger partial charge in [-0.15, -0.1) is 0 Å². The zero-order valence-corrected chi connectivity index (χ0v) is 10.2.